The van der Waals surface area contributed by atoms with Crippen molar-refractivity contribution >= 4 is 17.2 Å². The summed E-state index contributed by atoms with van der Waals surface area (Å²) in [6.07, 6.45) is 2.39. The molecule has 0 bridgehead atoms. The van der Waals surface area contributed by atoms with Gasteiger partial charge in [-0.3, -0.25) is 9.78 Å². The Morgan fingerprint density at radius 1 is 1.15 bits per heavy atom. The first-order valence-corrected chi connectivity index (χ1v) is 8.95. The van der Waals surface area contributed by atoms with Gasteiger partial charge in [-0.2, -0.15) is 0 Å². The monoisotopic (exact) mass is 369 g/mol. The minimum absolute atomic E-state index is 0.191. The predicted molar refractivity (Wildman–Crippen MR) is 101 cm³/mol. The third-order valence-electron chi connectivity index (χ3n) is 3.77. The Balaban J connectivity index is 1.57. The Morgan fingerprint density at radius 3 is 2.73 bits per heavy atom. The number of nitrogens with zero attached hydrogens (tertiary/aromatic N) is 2. The van der Waals surface area contributed by atoms with Crippen molar-refractivity contribution in [1.29, 1.82) is 0 Å². The lowest BCUT2D eigenvalue weighted by Gasteiger charge is -2.09. The van der Waals surface area contributed by atoms with Crippen molar-refractivity contribution in [2.45, 2.75) is 6.42 Å². The molecule has 3 rings (SSSR count). The van der Waals surface area contributed by atoms with Gasteiger partial charge in [0.2, 0.25) is 0 Å². The maximum absolute atomic E-state index is 12.3. The van der Waals surface area contributed by atoms with Gasteiger partial charge in [-0.15, -0.1) is 11.3 Å². The summed E-state index contributed by atoms with van der Waals surface area (Å²) in [5, 5.41) is 5.37. The number of benzene rings is 1. The van der Waals surface area contributed by atoms with Gasteiger partial charge in [0.05, 0.1) is 19.9 Å². The molecule has 26 heavy (non-hydrogen) atoms. The molecule has 0 saturated heterocycles. The Kier molecular flexibility index (Phi) is 5.80. The SMILES string of the molecule is COc1ccc(CCNC(=O)c2csc(-c3ccccn3)n2)cc1OC. The van der Waals surface area contributed by atoms with E-state index in [1.807, 2.05) is 36.4 Å². The molecular formula is C19H19N3O3S. The van der Waals surface area contributed by atoms with Crippen LogP contribution in [0.4, 0.5) is 0 Å². The molecule has 0 atom stereocenters. The quantitative estimate of drug-likeness (QED) is 0.692. The maximum atomic E-state index is 12.3. The number of rotatable bonds is 7. The van der Waals surface area contributed by atoms with Crippen LogP contribution in [0.25, 0.3) is 10.7 Å². The topological polar surface area (TPSA) is 73.3 Å². The van der Waals surface area contributed by atoms with Gasteiger partial charge in [0, 0.05) is 18.1 Å². The number of thiazole rings is 1. The van der Waals surface area contributed by atoms with Crippen LogP contribution in [-0.2, 0) is 6.42 Å². The molecule has 7 heteroatoms. The number of methoxy groups -OCH3 is 2. The highest BCUT2D eigenvalue weighted by molar-refractivity contribution is 7.13. The fourth-order valence-electron chi connectivity index (χ4n) is 2.43. The molecule has 0 aliphatic carbocycles. The fourth-order valence-corrected chi connectivity index (χ4v) is 3.21. The van der Waals surface area contributed by atoms with E-state index in [0.717, 1.165) is 16.3 Å². The van der Waals surface area contributed by atoms with E-state index in [4.69, 9.17) is 9.47 Å². The van der Waals surface area contributed by atoms with E-state index in [9.17, 15) is 4.79 Å². The Morgan fingerprint density at radius 2 is 2.00 bits per heavy atom. The van der Waals surface area contributed by atoms with E-state index in [0.29, 0.717) is 30.2 Å². The standard InChI is InChI=1S/C19H19N3O3S/c1-24-16-7-6-13(11-17(16)25-2)8-10-21-18(23)15-12-26-19(22-15)14-5-3-4-9-20-14/h3-7,9,11-12H,8,10H2,1-2H3,(H,21,23). The molecule has 134 valence electrons. The molecule has 0 spiro atoms. The van der Waals surface area contributed by atoms with E-state index < -0.39 is 0 Å². The zero-order valence-electron chi connectivity index (χ0n) is 14.6. The summed E-state index contributed by atoms with van der Waals surface area (Å²) in [5.74, 6) is 1.17. The number of hydrogen-bond donors (Lipinski definition) is 1. The number of ether oxygens (including phenoxy) is 2. The van der Waals surface area contributed by atoms with Crippen LogP contribution in [0.1, 0.15) is 16.1 Å². The molecule has 0 unspecified atom stereocenters. The molecule has 0 aliphatic heterocycles. The van der Waals surface area contributed by atoms with Crippen LogP contribution < -0.4 is 14.8 Å². The van der Waals surface area contributed by atoms with E-state index >= 15 is 0 Å². The minimum atomic E-state index is -0.191. The number of nitrogens with one attached hydrogen (secondary N) is 1. The van der Waals surface area contributed by atoms with Gasteiger partial charge < -0.3 is 14.8 Å². The minimum Gasteiger partial charge on any atom is -0.493 e. The normalized spacial score (nSPS) is 10.4. The van der Waals surface area contributed by atoms with Crippen molar-refractivity contribution in [2.24, 2.45) is 0 Å². The highest BCUT2D eigenvalue weighted by Crippen LogP contribution is 2.27. The van der Waals surface area contributed by atoms with Gasteiger partial charge in [0.1, 0.15) is 10.7 Å². The second-order valence-corrected chi connectivity index (χ2v) is 6.31. The van der Waals surface area contributed by atoms with Gasteiger partial charge in [0.25, 0.3) is 5.91 Å². The maximum Gasteiger partial charge on any atom is 0.270 e. The highest BCUT2D eigenvalue weighted by Gasteiger charge is 2.12. The summed E-state index contributed by atoms with van der Waals surface area (Å²) in [5.41, 5.74) is 2.22. The first kappa shape index (κ1) is 17.9. The van der Waals surface area contributed by atoms with Crippen molar-refractivity contribution in [3.63, 3.8) is 0 Å². The van der Waals surface area contributed by atoms with Crippen molar-refractivity contribution in [2.75, 3.05) is 20.8 Å². The van der Waals surface area contributed by atoms with Crippen LogP contribution >= 0.6 is 11.3 Å². The summed E-state index contributed by atoms with van der Waals surface area (Å²) in [6, 6.07) is 11.3. The first-order chi connectivity index (χ1) is 12.7. The Hall–Kier alpha value is -2.93. The highest BCUT2D eigenvalue weighted by atomic mass is 32.1. The van der Waals surface area contributed by atoms with Crippen LogP contribution in [-0.4, -0.2) is 36.6 Å². The molecule has 1 aromatic carbocycles. The molecule has 1 amide bonds. The van der Waals surface area contributed by atoms with Crippen LogP contribution in [0.15, 0.2) is 48.0 Å². The second kappa shape index (κ2) is 8.44. The zero-order valence-corrected chi connectivity index (χ0v) is 15.4. The summed E-state index contributed by atoms with van der Waals surface area (Å²) < 4.78 is 10.5. The van der Waals surface area contributed by atoms with Gasteiger partial charge in [-0.1, -0.05) is 12.1 Å². The van der Waals surface area contributed by atoms with Crippen LogP contribution in [0.3, 0.4) is 0 Å². The third-order valence-corrected chi connectivity index (χ3v) is 4.63. The molecule has 0 saturated carbocycles. The molecule has 2 heterocycles. The molecule has 0 fully saturated rings. The van der Waals surface area contributed by atoms with E-state index in [-0.39, 0.29) is 5.91 Å². The molecule has 1 N–H and O–H groups in total. The van der Waals surface area contributed by atoms with Gasteiger partial charge in [-0.25, -0.2) is 4.98 Å². The molecule has 0 radical (unpaired) electrons. The number of amides is 1. The summed E-state index contributed by atoms with van der Waals surface area (Å²) >= 11 is 1.40. The smallest absolute Gasteiger partial charge is 0.270 e. The molecular weight excluding hydrogens is 350 g/mol. The molecule has 2 aromatic heterocycles. The second-order valence-electron chi connectivity index (χ2n) is 5.45. The Labute approximate surface area is 155 Å². The van der Waals surface area contributed by atoms with Crippen LogP contribution in [0.5, 0.6) is 11.5 Å². The first-order valence-electron chi connectivity index (χ1n) is 8.07. The van der Waals surface area contributed by atoms with Gasteiger partial charge in [0.15, 0.2) is 11.5 Å². The molecule has 6 nitrogen and oxygen atoms in total. The summed E-state index contributed by atoms with van der Waals surface area (Å²) in [6.45, 7) is 0.505. The van der Waals surface area contributed by atoms with E-state index in [1.165, 1.54) is 11.3 Å². The lowest BCUT2D eigenvalue weighted by molar-refractivity contribution is 0.0950. The third kappa shape index (κ3) is 4.18. The average Bonchev–Trinajstić information content (AvgIpc) is 3.19. The van der Waals surface area contributed by atoms with E-state index in [2.05, 4.69) is 15.3 Å². The number of pyridine rings is 1. The Bertz CT molecular complexity index is 881. The van der Waals surface area contributed by atoms with Gasteiger partial charge >= 0.3 is 0 Å². The lowest BCUT2D eigenvalue weighted by atomic mass is 10.1. The van der Waals surface area contributed by atoms with Crippen molar-refractivity contribution in [3.05, 3.63) is 59.2 Å². The number of carbonyl (C=O) groups excluding carboxylic acids is 1. The van der Waals surface area contributed by atoms with Crippen molar-refractivity contribution < 1.29 is 14.3 Å². The number of hydrogen-bond acceptors (Lipinski definition) is 6. The van der Waals surface area contributed by atoms with Crippen molar-refractivity contribution in [3.8, 4) is 22.2 Å². The van der Waals surface area contributed by atoms with E-state index in [1.54, 1.807) is 25.8 Å². The van der Waals surface area contributed by atoms with Crippen LogP contribution in [0, 0.1) is 0 Å². The molecule has 0 aliphatic rings. The summed E-state index contributed by atoms with van der Waals surface area (Å²) in [4.78, 5) is 20.9. The number of carbonyl (C=O) groups is 1. The summed E-state index contributed by atoms with van der Waals surface area (Å²) in [7, 11) is 3.20. The molecule has 3 aromatic rings. The number of aromatic nitrogens is 2. The van der Waals surface area contributed by atoms with Crippen molar-refractivity contribution in [1.82, 2.24) is 15.3 Å². The zero-order chi connectivity index (χ0) is 18.4. The van der Waals surface area contributed by atoms with Gasteiger partial charge in [-0.05, 0) is 36.2 Å². The fraction of sp³-hybridized carbons (Fsp3) is 0.211. The lowest BCUT2D eigenvalue weighted by Crippen LogP contribution is -2.26. The predicted octanol–water partition coefficient (Wildman–Crippen LogP) is 3.19. The largest absolute Gasteiger partial charge is 0.493 e. The average molecular weight is 369 g/mol. The van der Waals surface area contributed by atoms with Crippen LogP contribution in [0.2, 0.25) is 0 Å².